The van der Waals surface area contributed by atoms with E-state index in [0.29, 0.717) is 18.2 Å². The third-order valence-electron chi connectivity index (χ3n) is 3.95. The molecular weight excluding hydrogens is 243 g/mol. The summed E-state index contributed by atoms with van der Waals surface area (Å²) in [5.74, 6) is 0.613. The Bertz CT molecular complexity index is 453. The molecule has 1 fully saturated rings. The molecule has 4 heteroatoms. The molecule has 2 rings (SSSR count). The molecule has 0 aliphatic heterocycles. The second-order valence-corrected chi connectivity index (χ2v) is 5.57. The van der Waals surface area contributed by atoms with Crippen molar-refractivity contribution < 1.29 is 9.18 Å². The molecule has 1 aliphatic carbocycles. The smallest absolute Gasteiger partial charge is 0.253 e. The number of hydrogen-bond acceptors (Lipinski definition) is 2. The maximum atomic E-state index is 13.1. The van der Waals surface area contributed by atoms with Crippen LogP contribution in [-0.2, 0) is 0 Å². The lowest BCUT2D eigenvalue weighted by atomic mass is 9.83. The van der Waals surface area contributed by atoms with Crippen molar-refractivity contribution in [3.05, 3.63) is 29.6 Å². The number of carbonyl (C=O) groups excluding carboxylic acids is 1. The van der Waals surface area contributed by atoms with Crippen LogP contribution in [0, 0.1) is 17.7 Å². The average molecular weight is 264 g/mol. The van der Waals surface area contributed by atoms with Gasteiger partial charge in [0.05, 0.1) is 5.56 Å². The van der Waals surface area contributed by atoms with Crippen LogP contribution in [-0.4, -0.2) is 12.5 Å². The molecule has 3 N–H and O–H groups in total. The van der Waals surface area contributed by atoms with Crippen LogP contribution in [0.2, 0.25) is 0 Å². The number of hydrogen-bond donors (Lipinski definition) is 2. The number of nitrogens with one attached hydrogen (secondary N) is 1. The van der Waals surface area contributed by atoms with Gasteiger partial charge in [-0.15, -0.1) is 0 Å². The van der Waals surface area contributed by atoms with E-state index in [4.69, 9.17) is 5.73 Å². The summed E-state index contributed by atoms with van der Waals surface area (Å²) in [6, 6.07) is 3.87. The van der Waals surface area contributed by atoms with Gasteiger partial charge in [-0.25, -0.2) is 4.39 Å². The molecule has 0 spiro atoms. The fourth-order valence-electron chi connectivity index (χ4n) is 2.59. The van der Waals surface area contributed by atoms with E-state index < -0.39 is 5.82 Å². The molecule has 1 aromatic carbocycles. The molecule has 19 heavy (non-hydrogen) atoms. The fourth-order valence-corrected chi connectivity index (χ4v) is 2.59. The minimum absolute atomic E-state index is 0.226. The third-order valence-corrected chi connectivity index (χ3v) is 3.95. The molecule has 0 unspecified atom stereocenters. The average Bonchev–Trinajstić information content (AvgIpc) is 2.40. The highest BCUT2D eigenvalue weighted by molar-refractivity contribution is 5.99. The predicted octanol–water partition coefficient (Wildman–Crippen LogP) is 2.96. The fraction of sp³-hybridized carbons (Fsp3) is 0.533. The van der Waals surface area contributed by atoms with Gasteiger partial charge in [-0.2, -0.15) is 0 Å². The molecule has 1 aromatic rings. The number of anilines is 1. The van der Waals surface area contributed by atoms with Crippen LogP contribution in [0.5, 0.6) is 0 Å². The first-order chi connectivity index (χ1) is 9.06. The Morgan fingerprint density at radius 1 is 1.37 bits per heavy atom. The van der Waals surface area contributed by atoms with E-state index >= 15 is 0 Å². The van der Waals surface area contributed by atoms with Gasteiger partial charge in [0.2, 0.25) is 0 Å². The summed E-state index contributed by atoms with van der Waals surface area (Å²) in [7, 11) is 0. The van der Waals surface area contributed by atoms with Crippen molar-refractivity contribution in [1.29, 1.82) is 0 Å². The molecule has 0 saturated heterocycles. The molecule has 1 amide bonds. The number of rotatable bonds is 3. The standard InChI is InChI=1S/C15H21FN2O/c1-10-2-4-11(5-3-10)9-18-15(19)13-8-12(16)6-7-14(13)17/h6-8,10-11H,2-5,9,17H2,1H3,(H,18,19). The van der Waals surface area contributed by atoms with E-state index in [1.165, 1.54) is 31.0 Å². The highest BCUT2D eigenvalue weighted by atomic mass is 19.1. The van der Waals surface area contributed by atoms with Crippen LogP contribution in [0.25, 0.3) is 0 Å². The predicted molar refractivity (Wildman–Crippen MR) is 74.3 cm³/mol. The summed E-state index contributed by atoms with van der Waals surface area (Å²) in [5, 5.41) is 2.87. The van der Waals surface area contributed by atoms with Gasteiger partial charge in [0, 0.05) is 12.2 Å². The summed E-state index contributed by atoms with van der Waals surface area (Å²) in [4.78, 5) is 12.0. The molecule has 1 aliphatic rings. The Kier molecular flexibility index (Phi) is 4.40. The first kappa shape index (κ1) is 13.8. The van der Waals surface area contributed by atoms with Crippen molar-refractivity contribution in [3.63, 3.8) is 0 Å². The number of halogens is 1. The lowest BCUT2D eigenvalue weighted by Crippen LogP contribution is -2.31. The van der Waals surface area contributed by atoms with Gasteiger partial charge in [0.1, 0.15) is 5.82 Å². The highest BCUT2D eigenvalue weighted by Crippen LogP contribution is 2.27. The van der Waals surface area contributed by atoms with E-state index in [9.17, 15) is 9.18 Å². The van der Waals surface area contributed by atoms with Crippen molar-refractivity contribution in [2.24, 2.45) is 11.8 Å². The molecule has 1 saturated carbocycles. The molecule has 0 aromatic heterocycles. The van der Waals surface area contributed by atoms with Crippen molar-refractivity contribution in [2.75, 3.05) is 12.3 Å². The summed E-state index contributed by atoms with van der Waals surface area (Å²) < 4.78 is 13.1. The quantitative estimate of drug-likeness (QED) is 0.825. The Balaban J connectivity index is 1.89. The van der Waals surface area contributed by atoms with Crippen molar-refractivity contribution >= 4 is 11.6 Å². The van der Waals surface area contributed by atoms with E-state index in [-0.39, 0.29) is 11.5 Å². The molecule has 0 bridgehead atoms. The van der Waals surface area contributed by atoms with Gasteiger partial charge in [-0.1, -0.05) is 19.8 Å². The zero-order valence-corrected chi connectivity index (χ0v) is 11.3. The van der Waals surface area contributed by atoms with Crippen LogP contribution < -0.4 is 11.1 Å². The summed E-state index contributed by atoms with van der Waals surface area (Å²) in [6.07, 6.45) is 4.76. The number of benzene rings is 1. The molecule has 0 atom stereocenters. The summed E-state index contributed by atoms with van der Waals surface area (Å²) in [6.45, 7) is 2.92. The topological polar surface area (TPSA) is 55.1 Å². The van der Waals surface area contributed by atoms with Gasteiger partial charge in [-0.05, 0) is 42.9 Å². The summed E-state index contributed by atoms with van der Waals surface area (Å²) >= 11 is 0. The van der Waals surface area contributed by atoms with Gasteiger partial charge in [0.15, 0.2) is 0 Å². The maximum Gasteiger partial charge on any atom is 0.253 e. The second-order valence-electron chi connectivity index (χ2n) is 5.57. The largest absolute Gasteiger partial charge is 0.398 e. The zero-order valence-electron chi connectivity index (χ0n) is 11.3. The van der Waals surface area contributed by atoms with E-state index in [1.807, 2.05) is 0 Å². The number of nitrogen functional groups attached to an aromatic ring is 1. The second kappa shape index (κ2) is 6.04. The normalized spacial score (nSPS) is 23.1. The molecule has 0 radical (unpaired) electrons. The molecule has 0 heterocycles. The summed E-state index contributed by atoms with van der Waals surface area (Å²) in [5.41, 5.74) is 6.23. The van der Waals surface area contributed by atoms with E-state index in [2.05, 4.69) is 12.2 Å². The minimum Gasteiger partial charge on any atom is -0.398 e. The first-order valence-electron chi connectivity index (χ1n) is 6.89. The third kappa shape index (κ3) is 3.69. The minimum atomic E-state index is -0.439. The number of amides is 1. The molecular formula is C15H21FN2O. The Morgan fingerprint density at radius 3 is 2.74 bits per heavy atom. The SMILES string of the molecule is CC1CCC(CNC(=O)c2cc(F)ccc2N)CC1. The Labute approximate surface area is 113 Å². The van der Waals surface area contributed by atoms with Crippen LogP contribution in [0.1, 0.15) is 43.0 Å². The van der Waals surface area contributed by atoms with E-state index in [0.717, 1.165) is 18.8 Å². The lowest BCUT2D eigenvalue weighted by molar-refractivity contribution is 0.0942. The van der Waals surface area contributed by atoms with Crippen LogP contribution in [0.3, 0.4) is 0 Å². The van der Waals surface area contributed by atoms with Gasteiger partial charge < -0.3 is 11.1 Å². The lowest BCUT2D eigenvalue weighted by Gasteiger charge is -2.26. The van der Waals surface area contributed by atoms with Crippen LogP contribution in [0.4, 0.5) is 10.1 Å². The monoisotopic (exact) mass is 264 g/mol. The van der Waals surface area contributed by atoms with Gasteiger partial charge in [0.25, 0.3) is 5.91 Å². The van der Waals surface area contributed by atoms with Gasteiger partial charge in [-0.3, -0.25) is 4.79 Å². The Morgan fingerprint density at radius 2 is 2.05 bits per heavy atom. The highest BCUT2D eigenvalue weighted by Gasteiger charge is 2.19. The van der Waals surface area contributed by atoms with E-state index in [1.54, 1.807) is 0 Å². The van der Waals surface area contributed by atoms with Crippen molar-refractivity contribution in [2.45, 2.75) is 32.6 Å². The number of nitrogens with two attached hydrogens (primary N) is 1. The first-order valence-corrected chi connectivity index (χ1v) is 6.89. The number of carbonyl (C=O) groups is 1. The van der Waals surface area contributed by atoms with Crippen molar-refractivity contribution in [1.82, 2.24) is 5.32 Å². The van der Waals surface area contributed by atoms with Crippen LogP contribution in [0.15, 0.2) is 18.2 Å². The van der Waals surface area contributed by atoms with Crippen molar-refractivity contribution in [3.8, 4) is 0 Å². The maximum absolute atomic E-state index is 13.1. The zero-order chi connectivity index (χ0) is 13.8. The van der Waals surface area contributed by atoms with Crippen LogP contribution >= 0.6 is 0 Å². The Hall–Kier alpha value is -1.58. The molecule has 104 valence electrons. The van der Waals surface area contributed by atoms with Gasteiger partial charge >= 0.3 is 0 Å². The molecule has 3 nitrogen and oxygen atoms in total.